The van der Waals surface area contributed by atoms with Crippen molar-refractivity contribution < 1.29 is 8.78 Å². The Hall–Kier alpha value is -2.18. The number of rotatable bonds is 2. The Labute approximate surface area is 89.7 Å². The maximum Gasteiger partial charge on any atom is 0.241 e. The number of anilines is 2. The second-order valence-corrected chi connectivity index (χ2v) is 3.23. The molecule has 0 fully saturated rings. The first-order chi connectivity index (χ1) is 7.56. The third kappa shape index (κ3) is 1.92. The fraction of sp³-hybridized carbons (Fsp3) is 0.111. The third-order valence-corrected chi connectivity index (χ3v) is 2.03. The summed E-state index contributed by atoms with van der Waals surface area (Å²) >= 11 is 0. The highest BCUT2D eigenvalue weighted by Crippen LogP contribution is 2.11. The van der Waals surface area contributed by atoms with E-state index in [4.69, 9.17) is 11.5 Å². The van der Waals surface area contributed by atoms with Gasteiger partial charge in [-0.25, -0.2) is 13.5 Å². The minimum Gasteiger partial charge on any atom is -0.368 e. The van der Waals surface area contributed by atoms with Crippen molar-refractivity contribution in [2.24, 2.45) is 0 Å². The van der Waals surface area contributed by atoms with E-state index in [0.29, 0.717) is 5.56 Å². The van der Waals surface area contributed by atoms with Crippen molar-refractivity contribution in [3.05, 3.63) is 35.4 Å². The van der Waals surface area contributed by atoms with Gasteiger partial charge in [0.1, 0.15) is 0 Å². The molecule has 4 N–H and O–H groups in total. The van der Waals surface area contributed by atoms with Gasteiger partial charge in [-0.2, -0.15) is 4.98 Å². The number of benzene rings is 1. The normalized spacial score (nSPS) is 10.6. The van der Waals surface area contributed by atoms with Crippen LogP contribution in [0.25, 0.3) is 0 Å². The van der Waals surface area contributed by atoms with Crippen LogP contribution >= 0.6 is 0 Å². The highest BCUT2D eigenvalue weighted by Gasteiger charge is 2.07. The van der Waals surface area contributed by atoms with Gasteiger partial charge in [0.2, 0.25) is 11.9 Å². The molecule has 0 spiro atoms. The van der Waals surface area contributed by atoms with Gasteiger partial charge < -0.3 is 11.5 Å². The Morgan fingerprint density at radius 3 is 2.50 bits per heavy atom. The smallest absolute Gasteiger partial charge is 0.241 e. The van der Waals surface area contributed by atoms with E-state index in [2.05, 4.69) is 10.1 Å². The average molecular weight is 225 g/mol. The number of halogens is 2. The predicted molar refractivity (Wildman–Crippen MR) is 54.3 cm³/mol. The van der Waals surface area contributed by atoms with Gasteiger partial charge in [-0.05, 0) is 17.7 Å². The molecule has 7 heteroatoms. The highest BCUT2D eigenvalue weighted by atomic mass is 19.2. The van der Waals surface area contributed by atoms with Gasteiger partial charge >= 0.3 is 0 Å². The van der Waals surface area contributed by atoms with Crippen LogP contribution in [0.2, 0.25) is 0 Å². The lowest BCUT2D eigenvalue weighted by Gasteiger charge is -2.03. The first-order valence-electron chi connectivity index (χ1n) is 4.46. The standard InChI is InChI=1S/C9H9F2N5/c10-6-2-1-5(3-7(6)11)4-16-9(13)14-8(12)15-16/h1-3H,4H2,(H4,12,13,14,15). The van der Waals surface area contributed by atoms with Crippen LogP contribution in [-0.4, -0.2) is 14.8 Å². The van der Waals surface area contributed by atoms with E-state index in [1.165, 1.54) is 10.7 Å². The summed E-state index contributed by atoms with van der Waals surface area (Å²) in [5, 5.41) is 3.80. The molecule has 1 aromatic carbocycles. The zero-order chi connectivity index (χ0) is 11.7. The molecular formula is C9H9F2N5. The average Bonchev–Trinajstić information content (AvgIpc) is 2.51. The van der Waals surface area contributed by atoms with Gasteiger partial charge in [-0.3, -0.25) is 0 Å². The lowest BCUT2D eigenvalue weighted by Crippen LogP contribution is -2.07. The Morgan fingerprint density at radius 2 is 1.94 bits per heavy atom. The van der Waals surface area contributed by atoms with Crippen LogP contribution in [0.1, 0.15) is 5.56 Å². The molecule has 0 bridgehead atoms. The molecule has 84 valence electrons. The number of nitrogen functional groups attached to an aromatic ring is 2. The largest absolute Gasteiger partial charge is 0.368 e. The molecule has 0 saturated carbocycles. The SMILES string of the molecule is Nc1nc(N)n(Cc2ccc(F)c(F)c2)n1. The van der Waals surface area contributed by atoms with Crippen molar-refractivity contribution in [3.8, 4) is 0 Å². The molecule has 0 amide bonds. The molecule has 0 aliphatic carbocycles. The van der Waals surface area contributed by atoms with Crippen molar-refractivity contribution in [1.29, 1.82) is 0 Å². The van der Waals surface area contributed by atoms with Gasteiger partial charge in [0.25, 0.3) is 0 Å². The molecule has 1 aromatic heterocycles. The van der Waals surface area contributed by atoms with Crippen LogP contribution in [0.5, 0.6) is 0 Å². The van der Waals surface area contributed by atoms with E-state index >= 15 is 0 Å². The number of hydrogen-bond donors (Lipinski definition) is 2. The fourth-order valence-corrected chi connectivity index (χ4v) is 1.30. The van der Waals surface area contributed by atoms with Gasteiger partial charge in [-0.15, -0.1) is 5.10 Å². The zero-order valence-corrected chi connectivity index (χ0v) is 8.19. The zero-order valence-electron chi connectivity index (χ0n) is 8.19. The minimum atomic E-state index is -0.913. The van der Waals surface area contributed by atoms with E-state index in [9.17, 15) is 8.78 Å². The van der Waals surface area contributed by atoms with Crippen LogP contribution in [0, 0.1) is 11.6 Å². The van der Waals surface area contributed by atoms with Crippen molar-refractivity contribution in [3.63, 3.8) is 0 Å². The molecule has 1 heterocycles. The molecule has 0 radical (unpaired) electrons. The summed E-state index contributed by atoms with van der Waals surface area (Å²) in [5.41, 5.74) is 11.4. The summed E-state index contributed by atoms with van der Waals surface area (Å²) in [6.07, 6.45) is 0. The van der Waals surface area contributed by atoms with E-state index in [1.807, 2.05) is 0 Å². The molecule has 0 unspecified atom stereocenters. The van der Waals surface area contributed by atoms with Crippen LogP contribution in [-0.2, 0) is 6.54 Å². The number of hydrogen-bond acceptors (Lipinski definition) is 4. The summed E-state index contributed by atoms with van der Waals surface area (Å²) < 4.78 is 26.9. The van der Waals surface area contributed by atoms with Crippen LogP contribution < -0.4 is 11.5 Å². The minimum absolute atomic E-state index is 0.0417. The molecule has 0 saturated heterocycles. The van der Waals surface area contributed by atoms with Crippen LogP contribution in [0.4, 0.5) is 20.7 Å². The lowest BCUT2D eigenvalue weighted by atomic mass is 10.2. The summed E-state index contributed by atoms with van der Waals surface area (Å²) in [5.74, 6) is -1.64. The molecule has 2 rings (SSSR count). The van der Waals surface area contributed by atoms with Crippen LogP contribution in [0.15, 0.2) is 18.2 Å². The quantitative estimate of drug-likeness (QED) is 0.790. The van der Waals surface area contributed by atoms with Crippen LogP contribution in [0.3, 0.4) is 0 Å². The second kappa shape index (κ2) is 3.76. The summed E-state index contributed by atoms with van der Waals surface area (Å²) in [6.45, 7) is 0.188. The third-order valence-electron chi connectivity index (χ3n) is 2.03. The molecule has 2 aromatic rings. The molecular weight excluding hydrogens is 216 g/mol. The first-order valence-corrected chi connectivity index (χ1v) is 4.46. The van der Waals surface area contributed by atoms with Gasteiger partial charge in [0.05, 0.1) is 6.54 Å². The Bertz CT molecular complexity index is 523. The van der Waals surface area contributed by atoms with Gasteiger partial charge in [0, 0.05) is 0 Å². The fourth-order valence-electron chi connectivity index (χ4n) is 1.30. The molecule has 16 heavy (non-hydrogen) atoms. The van der Waals surface area contributed by atoms with Gasteiger partial charge in [-0.1, -0.05) is 6.07 Å². The number of aromatic nitrogens is 3. The number of nitrogens with two attached hydrogens (primary N) is 2. The maximum absolute atomic E-state index is 12.9. The van der Waals surface area contributed by atoms with E-state index < -0.39 is 11.6 Å². The van der Waals surface area contributed by atoms with Crippen molar-refractivity contribution in [2.75, 3.05) is 11.5 Å². The maximum atomic E-state index is 12.9. The van der Waals surface area contributed by atoms with Gasteiger partial charge in [0.15, 0.2) is 11.6 Å². The Kier molecular flexibility index (Phi) is 2.43. The topological polar surface area (TPSA) is 82.7 Å². The summed E-state index contributed by atoms with van der Waals surface area (Å²) in [4.78, 5) is 3.69. The Morgan fingerprint density at radius 1 is 1.19 bits per heavy atom. The van der Waals surface area contributed by atoms with Crippen molar-refractivity contribution in [1.82, 2.24) is 14.8 Å². The monoisotopic (exact) mass is 225 g/mol. The van der Waals surface area contributed by atoms with E-state index in [-0.39, 0.29) is 18.4 Å². The predicted octanol–water partition coefficient (Wildman–Crippen LogP) is 0.769. The second-order valence-electron chi connectivity index (χ2n) is 3.23. The van der Waals surface area contributed by atoms with E-state index in [1.54, 1.807) is 0 Å². The number of nitrogens with zero attached hydrogens (tertiary/aromatic N) is 3. The molecule has 0 aliphatic heterocycles. The summed E-state index contributed by atoms with van der Waals surface area (Å²) in [6, 6.07) is 3.56. The summed E-state index contributed by atoms with van der Waals surface area (Å²) in [7, 11) is 0. The van der Waals surface area contributed by atoms with E-state index in [0.717, 1.165) is 12.1 Å². The van der Waals surface area contributed by atoms with Crippen molar-refractivity contribution in [2.45, 2.75) is 6.54 Å². The highest BCUT2D eigenvalue weighted by molar-refractivity contribution is 5.28. The molecule has 0 atom stereocenters. The molecule has 0 aliphatic rings. The first kappa shape index (κ1) is 10.3. The molecule has 5 nitrogen and oxygen atoms in total. The Balaban J connectivity index is 2.27. The van der Waals surface area contributed by atoms with Crippen molar-refractivity contribution >= 4 is 11.9 Å². The lowest BCUT2D eigenvalue weighted by molar-refractivity contribution is 0.506.